The molecule has 0 aromatic rings. The molecule has 1 heterocycles. The molecule has 3 unspecified atom stereocenters. The van der Waals surface area contributed by atoms with Crippen molar-refractivity contribution in [2.24, 2.45) is 21.8 Å². The lowest BCUT2D eigenvalue weighted by molar-refractivity contribution is -0.119. The molecule has 2 aliphatic rings. The molecule has 0 amide bonds. The molecule has 0 radical (unpaired) electrons. The van der Waals surface area contributed by atoms with Gasteiger partial charge in [0, 0.05) is 12.8 Å². The van der Waals surface area contributed by atoms with Gasteiger partial charge in [-0.3, -0.25) is 4.79 Å². The van der Waals surface area contributed by atoms with Gasteiger partial charge < -0.3 is 9.47 Å². The number of aliphatic imine (C=N–C) groups is 2. The summed E-state index contributed by atoms with van der Waals surface area (Å²) in [6.07, 6.45) is 4.32. The van der Waals surface area contributed by atoms with Crippen molar-refractivity contribution in [3.8, 4) is 0 Å². The molecule has 1 saturated carbocycles. The van der Waals surface area contributed by atoms with Gasteiger partial charge in [-0.2, -0.15) is 0 Å². The zero-order valence-corrected chi connectivity index (χ0v) is 14.9. The molecular weight excluding hydrogens is 292 g/mol. The maximum atomic E-state index is 12.0. The van der Waals surface area contributed by atoms with Crippen molar-refractivity contribution < 1.29 is 14.3 Å². The Kier molecular flexibility index (Phi) is 6.60. The van der Waals surface area contributed by atoms with Gasteiger partial charge in [-0.25, -0.2) is 9.98 Å². The summed E-state index contributed by atoms with van der Waals surface area (Å²) in [6, 6.07) is -0.261. The molecule has 0 aromatic heterocycles. The number of ketones is 1. The third-order valence-electron chi connectivity index (χ3n) is 4.47. The van der Waals surface area contributed by atoms with Gasteiger partial charge in [-0.1, -0.05) is 20.3 Å². The highest BCUT2D eigenvalue weighted by Gasteiger charge is 2.37. The molecule has 0 spiro atoms. The van der Waals surface area contributed by atoms with Crippen LogP contribution in [-0.2, 0) is 14.3 Å². The van der Waals surface area contributed by atoms with Gasteiger partial charge in [0.15, 0.2) is 0 Å². The second kappa shape index (κ2) is 8.46. The molecule has 2 rings (SSSR count). The summed E-state index contributed by atoms with van der Waals surface area (Å²) >= 11 is 0. The smallest absolute Gasteiger partial charge is 0.210 e. The van der Waals surface area contributed by atoms with Gasteiger partial charge >= 0.3 is 0 Å². The summed E-state index contributed by atoms with van der Waals surface area (Å²) in [5.41, 5.74) is 0. The third kappa shape index (κ3) is 4.55. The standard InChI is InChI=1S/C18H30N2O3/c1-5-22-17-15(12(3)4)19-18(23-6-2)16(20-17)13-9-7-8-10-14(21)11-13/h12-13,15-16H,5-11H2,1-4H3. The van der Waals surface area contributed by atoms with Crippen molar-refractivity contribution in [3.63, 3.8) is 0 Å². The number of hydrogen-bond acceptors (Lipinski definition) is 5. The van der Waals surface area contributed by atoms with E-state index < -0.39 is 0 Å². The molecule has 5 nitrogen and oxygen atoms in total. The molecule has 1 fully saturated rings. The van der Waals surface area contributed by atoms with Crippen molar-refractivity contribution in [1.29, 1.82) is 0 Å². The van der Waals surface area contributed by atoms with Gasteiger partial charge in [0.2, 0.25) is 11.8 Å². The predicted molar refractivity (Wildman–Crippen MR) is 92.1 cm³/mol. The monoisotopic (exact) mass is 322 g/mol. The van der Waals surface area contributed by atoms with E-state index in [4.69, 9.17) is 19.5 Å². The Morgan fingerprint density at radius 1 is 1.09 bits per heavy atom. The largest absolute Gasteiger partial charge is 0.480 e. The number of Topliss-reactive ketones (excluding diaryl/α,β-unsaturated/α-hetero) is 1. The van der Waals surface area contributed by atoms with Gasteiger partial charge in [0.1, 0.15) is 17.9 Å². The van der Waals surface area contributed by atoms with E-state index in [9.17, 15) is 4.79 Å². The van der Waals surface area contributed by atoms with Crippen LogP contribution in [0.2, 0.25) is 0 Å². The molecule has 0 saturated heterocycles. The Morgan fingerprint density at radius 2 is 1.78 bits per heavy atom. The number of hydrogen-bond donors (Lipinski definition) is 0. The van der Waals surface area contributed by atoms with E-state index in [0.717, 1.165) is 19.3 Å². The fourth-order valence-electron chi connectivity index (χ4n) is 3.31. The van der Waals surface area contributed by atoms with E-state index in [1.54, 1.807) is 0 Å². The van der Waals surface area contributed by atoms with Crippen molar-refractivity contribution in [2.45, 2.75) is 71.9 Å². The first-order valence-electron chi connectivity index (χ1n) is 8.99. The molecule has 3 atom stereocenters. The van der Waals surface area contributed by atoms with Crippen LogP contribution in [-0.4, -0.2) is 42.9 Å². The van der Waals surface area contributed by atoms with Crippen LogP contribution in [0.15, 0.2) is 9.98 Å². The number of nitrogens with zero attached hydrogens (tertiary/aromatic N) is 2. The maximum Gasteiger partial charge on any atom is 0.210 e. The van der Waals surface area contributed by atoms with E-state index in [1.165, 1.54) is 0 Å². The quantitative estimate of drug-likeness (QED) is 0.745. The van der Waals surface area contributed by atoms with E-state index >= 15 is 0 Å². The van der Waals surface area contributed by atoms with Crippen molar-refractivity contribution in [1.82, 2.24) is 0 Å². The summed E-state index contributed by atoms with van der Waals surface area (Å²) in [6.45, 7) is 9.30. The Balaban J connectivity index is 2.29. The van der Waals surface area contributed by atoms with Crippen molar-refractivity contribution >= 4 is 17.6 Å². The molecule has 1 aliphatic heterocycles. The first-order valence-corrected chi connectivity index (χ1v) is 8.99. The zero-order chi connectivity index (χ0) is 16.8. The Morgan fingerprint density at radius 3 is 2.43 bits per heavy atom. The van der Waals surface area contributed by atoms with Crippen LogP contribution in [0, 0.1) is 11.8 Å². The zero-order valence-electron chi connectivity index (χ0n) is 14.9. The maximum absolute atomic E-state index is 12.0. The second-order valence-corrected chi connectivity index (χ2v) is 6.68. The minimum Gasteiger partial charge on any atom is -0.480 e. The molecule has 0 N–H and O–H groups in total. The molecular formula is C18H30N2O3. The van der Waals surface area contributed by atoms with Crippen LogP contribution in [0.5, 0.6) is 0 Å². The highest BCUT2D eigenvalue weighted by molar-refractivity contribution is 5.94. The van der Waals surface area contributed by atoms with Crippen LogP contribution < -0.4 is 0 Å². The lowest BCUT2D eigenvalue weighted by Gasteiger charge is -2.31. The minimum atomic E-state index is -0.173. The number of carbonyl (C=O) groups is 1. The molecule has 0 aromatic carbocycles. The van der Waals surface area contributed by atoms with E-state index in [-0.39, 0.29) is 18.0 Å². The van der Waals surface area contributed by atoms with Crippen LogP contribution in [0.3, 0.4) is 0 Å². The van der Waals surface area contributed by atoms with E-state index in [1.807, 2.05) is 13.8 Å². The molecule has 1 aliphatic carbocycles. The van der Waals surface area contributed by atoms with Crippen LogP contribution in [0.1, 0.15) is 59.8 Å². The van der Waals surface area contributed by atoms with E-state index in [2.05, 4.69) is 13.8 Å². The molecule has 23 heavy (non-hydrogen) atoms. The van der Waals surface area contributed by atoms with Crippen LogP contribution >= 0.6 is 0 Å². The van der Waals surface area contributed by atoms with Crippen molar-refractivity contribution in [3.05, 3.63) is 0 Å². The summed E-state index contributed by atoms with van der Waals surface area (Å²) in [7, 11) is 0. The SMILES string of the molecule is CCOC1=NC(C2CCCCC(=O)C2)C(OCC)=NC1C(C)C. The fourth-order valence-corrected chi connectivity index (χ4v) is 3.31. The number of ether oxygens (including phenoxy) is 2. The fraction of sp³-hybridized carbons (Fsp3) is 0.833. The summed E-state index contributed by atoms with van der Waals surface area (Å²) < 4.78 is 11.6. The highest BCUT2D eigenvalue weighted by atomic mass is 16.5. The lowest BCUT2D eigenvalue weighted by Crippen LogP contribution is -2.41. The normalized spacial score (nSPS) is 28.9. The summed E-state index contributed by atoms with van der Waals surface area (Å²) in [5, 5.41) is 0. The summed E-state index contributed by atoms with van der Waals surface area (Å²) in [5.74, 6) is 2.20. The topological polar surface area (TPSA) is 60.2 Å². The van der Waals surface area contributed by atoms with E-state index in [0.29, 0.717) is 49.6 Å². The number of carbonyl (C=O) groups excluding carboxylic acids is 1. The van der Waals surface area contributed by atoms with Gasteiger partial charge in [0.05, 0.1) is 13.2 Å². The van der Waals surface area contributed by atoms with Crippen LogP contribution in [0.4, 0.5) is 0 Å². The Bertz CT molecular complexity index is 471. The minimum absolute atomic E-state index is 0.0887. The van der Waals surface area contributed by atoms with Gasteiger partial charge in [-0.15, -0.1) is 0 Å². The highest BCUT2D eigenvalue weighted by Crippen LogP contribution is 2.30. The number of rotatable bonds is 4. The Labute approximate surface area is 139 Å². The molecule has 130 valence electrons. The lowest BCUT2D eigenvalue weighted by atomic mass is 9.90. The van der Waals surface area contributed by atoms with Gasteiger partial charge in [0.25, 0.3) is 0 Å². The molecule has 0 bridgehead atoms. The van der Waals surface area contributed by atoms with Crippen LogP contribution in [0.25, 0.3) is 0 Å². The average molecular weight is 322 g/mol. The predicted octanol–water partition coefficient (Wildman–Crippen LogP) is 3.41. The summed E-state index contributed by atoms with van der Waals surface area (Å²) in [4.78, 5) is 21.7. The second-order valence-electron chi connectivity index (χ2n) is 6.68. The molecule has 5 heteroatoms. The average Bonchev–Trinajstić information content (AvgIpc) is 2.73. The first-order chi connectivity index (χ1) is 11.1. The first kappa shape index (κ1) is 18.0. The Hall–Kier alpha value is -1.39. The van der Waals surface area contributed by atoms with Gasteiger partial charge in [-0.05, 0) is 38.5 Å². The van der Waals surface area contributed by atoms with Crippen molar-refractivity contribution in [2.75, 3.05) is 13.2 Å². The third-order valence-corrected chi connectivity index (χ3v) is 4.47.